The van der Waals surface area contributed by atoms with Gasteiger partial charge in [0, 0.05) is 16.4 Å². The van der Waals surface area contributed by atoms with E-state index < -0.39 is 35.9 Å². The van der Waals surface area contributed by atoms with Crippen molar-refractivity contribution in [2.24, 2.45) is 0 Å². The average Bonchev–Trinajstić information content (AvgIpc) is 2.78. The van der Waals surface area contributed by atoms with Crippen LogP contribution in [0.3, 0.4) is 0 Å². The second-order valence-corrected chi connectivity index (χ2v) is 8.74. The van der Waals surface area contributed by atoms with E-state index in [1.807, 2.05) is 54.6 Å². The van der Waals surface area contributed by atoms with Gasteiger partial charge in [0.25, 0.3) is 0 Å². The first-order chi connectivity index (χ1) is 15.4. The number of piperazine rings is 1. The molecule has 168 valence electrons. The summed E-state index contributed by atoms with van der Waals surface area (Å²) in [5.74, 6) is -1.91. The molecule has 8 nitrogen and oxygen atoms in total. The summed E-state index contributed by atoms with van der Waals surface area (Å²) in [5, 5.41) is 7.91. The number of benzene rings is 2. The van der Waals surface area contributed by atoms with E-state index in [0.29, 0.717) is 6.42 Å². The highest BCUT2D eigenvalue weighted by Gasteiger charge is 2.35. The lowest BCUT2D eigenvalue weighted by atomic mass is 10.0. The zero-order valence-electron chi connectivity index (χ0n) is 17.5. The van der Waals surface area contributed by atoms with Gasteiger partial charge < -0.3 is 20.7 Å². The molecular weight excluding hydrogens is 525 g/mol. The van der Waals surface area contributed by atoms with E-state index in [0.717, 1.165) is 14.7 Å². The Morgan fingerprint density at radius 2 is 1.59 bits per heavy atom. The number of hydrogen-bond acceptors (Lipinski definition) is 5. The quantitative estimate of drug-likeness (QED) is 0.338. The van der Waals surface area contributed by atoms with Crippen molar-refractivity contribution in [2.45, 2.75) is 37.4 Å². The molecule has 0 radical (unpaired) electrons. The summed E-state index contributed by atoms with van der Waals surface area (Å²) in [6.07, 6.45) is 0.325. The number of carbonyl (C=O) groups is 4. The molecule has 3 amide bonds. The summed E-state index contributed by atoms with van der Waals surface area (Å²) < 4.78 is 5.85. The van der Waals surface area contributed by atoms with Crippen LogP contribution in [0.4, 0.5) is 0 Å². The SMILES string of the molecule is COC(=O)[C@H](Cc1ccc(I)cc1)NC(=O)C[C@@H]1NC(=O)[C@H](Cc2ccccc2)NC1=O. The highest BCUT2D eigenvalue weighted by molar-refractivity contribution is 14.1. The zero-order valence-corrected chi connectivity index (χ0v) is 19.6. The second kappa shape index (κ2) is 11.1. The maximum absolute atomic E-state index is 12.6. The van der Waals surface area contributed by atoms with Crippen LogP contribution >= 0.6 is 22.6 Å². The minimum atomic E-state index is -1.01. The molecule has 0 unspecified atom stereocenters. The van der Waals surface area contributed by atoms with Crippen molar-refractivity contribution in [3.63, 3.8) is 0 Å². The normalized spacial score (nSPS) is 18.8. The molecule has 1 aliphatic heterocycles. The Hall–Kier alpha value is -2.95. The van der Waals surface area contributed by atoms with E-state index in [4.69, 9.17) is 4.74 Å². The van der Waals surface area contributed by atoms with Gasteiger partial charge in [0.2, 0.25) is 17.7 Å². The topological polar surface area (TPSA) is 114 Å². The van der Waals surface area contributed by atoms with Crippen LogP contribution < -0.4 is 16.0 Å². The van der Waals surface area contributed by atoms with Crippen LogP contribution in [-0.2, 0) is 36.8 Å². The third-order valence-corrected chi connectivity index (χ3v) is 5.83. The van der Waals surface area contributed by atoms with Gasteiger partial charge in [-0.1, -0.05) is 42.5 Å². The molecule has 3 rings (SSSR count). The maximum Gasteiger partial charge on any atom is 0.328 e. The number of esters is 1. The summed E-state index contributed by atoms with van der Waals surface area (Å²) in [6.45, 7) is 0. The van der Waals surface area contributed by atoms with Gasteiger partial charge >= 0.3 is 5.97 Å². The van der Waals surface area contributed by atoms with Gasteiger partial charge in [0.05, 0.1) is 13.5 Å². The number of hydrogen-bond donors (Lipinski definition) is 3. The number of halogens is 1. The van der Waals surface area contributed by atoms with E-state index in [2.05, 4.69) is 38.5 Å². The number of carbonyl (C=O) groups excluding carboxylic acids is 4. The molecule has 0 bridgehead atoms. The molecule has 32 heavy (non-hydrogen) atoms. The smallest absolute Gasteiger partial charge is 0.328 e. The minimum Gasteiger partial charge on any atom is -0.467 e. The van der Waals surface area contributed by atoms with Crippen LogP contribution in [0.25, 0.3) is 0 Å². The number of amides is 3. The first-order valence-electron chi connectivity index (χ1n) is 10.1. The minimum absolute atomic E-state index is 0.248. The first kappa shape index (κ1) is 23.7. The molecule has 2 aromatic carbocycles. The first-order valence-corrected chi connectivity index (χ1v) is 11.2. The number of ether oxygens (including phenoxy) is 1. The molecule has 1 saturated heterocycles. The van der Waals surface area contributed by atoms with Gasteiger partial charge in [0.15, 0.2) is 0 Å². The monoisotopic (exact) mass is 549 g/mol. The Morgan fingerprint density at radius 1 is 0.969 bits per heavy atom. The number of rotatable bonds is 8. The molecule has 9 heteroatoms. The third kappa shape index (κ3) is 6.52. The summed E-state index contributed by atoms with van der Waals surface area (Å²) in [4.78, 5) is 49.6. The molecule has 1 fully saturated rings. The predicted molar refractivity (Wildman–Crippen MR) is 125 cm³/mol. The van der Waals surface area contributed by atoms with Gasteiger partial charge in [-0.2, -0.15) is 0 Å². The molecule has 3 N–H and O–H groups in total. The largest absolute Gasteiger partial charge is 0.467 e. The Bertz CT molecular complexity index is 981. The second-order valence-electron chi connectivity index (χ2n) is 7.49. The highest BCUT2D eigenvalue weighted by atomic mass is 127. The molecule has 1 heterocycles. The van der Waals surface area contributed by atoms with E-state index in [1.165, 1.54) is 7.11 Å². The lowest BCUT2D eigenvalue weighted by Crippen LogP contribution is -2.63. The van der Waals surface area contributed by atoms with E-state index in [-0.39, 0.29) is 18.7 Å². The van der Waals surface area contributed by atoms with Crippen LogP contribution in [0, 0.1) is 3.57 Å². The summed E-state index contributed by atoms with van der Waals surface area (Å²) >= 11 is 2.18. The summed E-state index contributed by atoms with van der Waals surface area (Å²) in [6, 6.07) is 14.3. The lowest BCUT2D eigenvalue weighted by Gasteiger charge is -2.29. The van der Waals surface area contributed by atoms with Crippen molar-refractivity contribution in [2.75, 3.05) is 7.11 Å². The maximum atomic E-state index is 12.6. The zero-order chi connectivity index (χ0) is 23.1. The van der Waals surface area contributed by atoms with Crippen LogP contribution in [0.15, 0.2) is 54.6 Å². The summed E-state index contributed by atoms with van der Waals surface area (Å²) in [7, 11) is 1.25. The van der Waals surface area contributed by atoms with Crippen molar-refractivity contribution in [1.29, 1.82) is 0 Å². The fourth-order valence-electron chi connectivity index (χ4n) is 3.44. The van der Waals surface area contributed by atoms with Gasteiger partial charge in [0.1, 0.15) is 18.1 Å². The molecule has 0 spiro atoms. The van der Waals surface area contributed by atoms with Crippen LogP contribution in [-0.4, -0.2) is 48.9 Å². The van der Waals surface area contributed by atoms with Gasteiger partial charge in [-0.15, -0.1) is 0 Å². The highest BCUT2D eigenvalue weighted by Crippen LogP contribution is 2.11. The number of nitrogens with one attached hydrogen (secondary N) is 3. The predicted octanol–water partition coefficient (Wildman–Crippen LogP) is 1.11. The molecule has 0 aromatic heterocycles. The van der Waals surface area contributed by atoms with Crippen molar-refractivity contribution in [1.82, 2.24) is 16.0 Å². The Morgan fingerprint density at radius 3 is 2.25 bits per heavy atom. The van der Waals surface area contributed by atoms with E-state index in [1.54, 1.807) is 0 Å². The standard InChI is InChI=1S/C23H24IN3O5/c1-32-23(31)19(12-15-7-9-16(24)10-8-15)25-20(28)13-18-22(30)26-17(21(29)27-18)11-14-5-3-2-4-6-14/h2-10,17-19H,11-13H2,1H3,(H,25,28)(H,26,30)(H,27,29)/t17-,18-,19-/m0/s1. The van der Waals surface area contributed by atoms with Crippen LogP contribution in [0.5, 0.6) is 0 Å². The molecule has 3 atom stereocenters. The van der Waals surface area contributed by atoms with Gasteiger partial charge in [-0.05, 0) is 45.9 Å². The molecule has 2 aromatic rings. The van der Waals surface area contributed by atoms with Crippen LogP contribution in [0.1, 0.15) is 17.5 Å². The van der Waals surface area contributed by atoms with Gasteiger partial charge in [-0.3, -0.25) is 14.4 Å². The fourth-order valence-corrected chi connectivity index (χ4v) is 3.80. The number of methoxy groups -OCH3 is 1. The Labute approximate surface area is 199 Å². The molecule has 0 aliphatic carbocycles. The third-order valence-electron chi connectivity index (χ3n) is 5.11. The summed E-state index contributed by atoms with van der Waals surface area (Å²) in [5.41, 5.74) is 1.77. The van der Waals surface area contributed by atoms with Crippen molar-refractivity contribution >= 4 is 46.3 Å². The Kier molecular flexibility index (Phi) is 8.20. The van der Waals surface area contributed by atoms with E-state index >= 15 is 0 Å². The fraction of sp³-hybridized carbons (Fsp3) is 0.304. The van der Waals surface area contributed by atoms with Crippen molar-refractivity contribution < 1.29 is 23.9 Å². The van der Waals surface area contributed by atoms with E-state index in [9.17, 15) is 19.2 Å². The molecular formula is C23H24IN3O5. The molecule has 0 saturated carbocycles. The Balaban J connectivity index is 1.57. The molecule has 1 aliphatic rings. The van der Waals surface area contributed by atoms with Crippen LogP contribution in [0.2, 0.25) is 0 Å². The van der Waals surface area contributed by atoms with Gasteiger partial charge in [-0.25, -0.2) is 4.79 Å². The lowest BCUT2D eigenvalue weighted by molar-refractivity contribution is -0.145. The average molecular weight is 549 g/mol. The van der Waals surface area contributed by atoms with Crippen molar-refractivity contribution in [3.05, 3.63) is 69.3 Å². The van der Waals surface area contributed by atoms with Crippen molar-refractivity contribution in [3.8, 4) is 0 Å².